The Balaban J connectivity index is 1.80. The van der Waals surface area contributed by atoms with Crippen molar-refractivity contribution in [2.24, 2.45) is 0 Å². The predicted octanol–water partition coefficient (Wildman–Crippen LogP) is 7.34. The maximum Gasteiger partial charge on any atom is 0.272 e. The molecule has 3 aromatic carbocycles. The zero-order chi connectivity index (χ0) is 26.4. The van der Waals surface area contributed by atoms with E-state index in [2.05, 4.69) is 5.32 Å². The summed E-state index contributed by atoms with van der Waals surface area (Å²) in [5, 5.41) is 23.5. The Bertz CT molecular complexity index is 1400. The van der Waals surface area contributed by atoms with Gasteiger partial charge < -0.3 is 14.8 Å². The zero-order valence-electron chi connectivity index (χ0n) is 18.4. The van der Waals surface area contributed by atoms with Crippen LogP contribution in [0, 0.1) is 21.4 Å². The number of hydrogen-bond acceptors (Lipinski definition) is 6. The molecule has 0 aromatic heterocycles. The second-order valence-electron chi connectivity index (χ2n) is 7.10. The van der Waals surface area contributed by atoms with Gasteiger partial charge in [-0.05, 0) is 35.9 Å². The van der Waals surface area contributed by atoms with Gasteiger partial charge in [0.05, 0.1) is 27.8 Å². The van der Waals surface area contributed by atoms with E-state index in [1.165, 1.54) is 13.2 Å². The van der Waals surface area contributed by atoms with Crippen molar-refractivity contribution in [3.8, 4) is 17.6 Å². The highest BCUT2D eigenvalue weighted by Crippen LogP contribution is 2.35. The maximum atomic E-state index is 12.7. The van der Waals surface area contributed by atoms with Crippen molar-refractivity contribution >= 4 is 69.8 Å². The number of benzene rings is 3. The normalized spacial score (nSPS) is 10.9. The summed E-state index contributed by atoms with van der Waals surface area (Å²) in [7, 11) is 1.45. The molecular weight excluding hydrogens is 552 g/mol. The number of halogens is 4. The minimum absolute atomic E-state index is 0.0581. The van der Waals surface area contributed by atoms with Crippen LogP contribution >= 0.6 is 46.4 Å². The van der Waals surface area contributed by atoms with Crippen molar-refractivity contribution < 1.29 is 19.2 Å². The molecule has 0 radical (unpaired) electrons. The van der Waals surface area contributed by atoms with Gasteiger partial charge in [0.2, 0.25) is 0 Å². The lowest BCUT2D eigenvalue weighted by Crippen LogP contribution is -2.14. The van der Waals surface area contributed by atoms with Crippen LogP contribution in [0.15, 0.2) is 54.1 Å². The lowest BCUT2D eigenvalue weighted by molar-refractivity contribution is -0.384. The monoisotopic (exact) mass is 565 g/mol. The van der Waals surface area contributed by atoms with E-state index in [-0.39, 0.29) is 33.6 Å². The first-order chi connectivity index (χ1) is 17.1. The van der Waals surface area contributed by atoms with Crippen LogP contribution < -0.4 is 14.8 Å². The second-order valence-corrected chi connectivity index (χ2v) is 8.76. The summed E-state index contributed by atoms with van der Waals surface area (Å²) in [6.07, 6.45) is 1.32. The molecular formula is C24H15Cl4N3O5. The average molecular weight is 567 g/mol. The van der Waals surface area contributed by atoms with E-state index < -0.39 is 10.8 Å². The molecule has 3 aromatic rings. The fourth-order valence-corrected chi connectivity index (χ4v) is 4.00. The molecule has 0 aliphatic carbocycles. The summed E-state index contributed by atoms with van der Waals surface area (Å²) in [5.41, 5.74) is 0.517. The molecule has 3 rings (SSSR count). The number of amides is 1. The molecule has 1 N–H and O–H groups in total. The Morgan fingerprint density at radius 3 is 2.33 bits per heavy atom. The highest BCUT2D eigenvalue weighted by Gasteiger charge is 2.19. The molecule has 0 saturated heterocycles. The first-order valence-corrected chi connectivity index (χ1v) is 11.5. The zero-order valence-corrected chi connectivity index (χ0v) is 21.4. The van der Waals surface area contributed by atoms with Crippen molar-refractivity contribution in [2.75, 3.05) is 12.4 Å². The largest absolute Gasteiger partial charge is 0.493 e. The summed E-state index contributed by atoms with van der Waals surface area (Å²) in [4.78, 5) is 22.9. The topological polar surface area (TPSA) is 114 Å². The Morgan fingerprint density at radius 2 is 1.75 bits per heavy atom. The van der Waals surface area contributed by atoms with Crippen molar-refractivity contribution in [1.29, 1.82) is 5.26 Å². The van der Waals surface area contributed by atoms with Gasteiger partial charge in [-0.3, -0.25) is 14.9 Å². The SMILES string of the molecule is COc1cc(/C=C(\C#N)C(=O)Nc2c(Cl)cc([N+](=O)[O-])cc2Cl)ccc1OCc1ccc(Cl)cc1Cl. The number of methoxy groups -OCH3 is 1. The molecule has 0 saturated carbocycles. The lowest BCUT2D eigenvalue weighted by Gasteiger charge is -2.12. The highest BCUT2D eigenvalue weighted by atomic mass is 35.5. The number of anilines is 1. The van der Waals surface area contributed by atoms with Crippen LogP contribution in [0.1, 0.15) is 11.1 Å². The van der Waals surface area contributed by atoms with E-state index in [0.29, 0.717) is 27.1 Å². The molecule has 8 nitrogen and oxygen atoms in total. The van der Waals surface area contributed by atoms with Crippen molar-refractivity contribution in [2.45, 2.75) is 6.61 Å². The molecule has 36 heavy (non-hydrogen) atoms. The standard InChI is InChI=1S/C24H15Cl4N3O5/c1-35-22-7-13(2-5-21(22)36-12-14-3-4-16(25)8-18(14)26)6-15(11-29)24(32)30-23-19(27)9-17(31(33)34)10-20(23)28/h2-10H,12H2,1H3,(H,30,32)/b15-6+. The smallest absolute Gasteiger partial charge is 0.272 e. The van der Waals surface area contributed by atoms with E-state index in [1.54, 1.807) is 42.5 Å². The number of ether oxygens (including phenoxy) is 2. The first kappa shape index (κ1) is 27.1. The van der Waals surface area contributed by atoms with Gasteiger partial charge in [0, 0.05) is 27.7 Å². The number of carbonyl (C=O) groups is 1. The van der Waals surface area contributed by atoms with Crippen LogP contribution in [-0.4, -0.2) is 17.9 Å². The van der Waals surface area contributed by atoms with Gasteiger partial charge in [-0.2, -0.15) is 5.26 Å². The average Bonchev–Trinajstić information content (AvgIpc) is 2.84. The van der Waals surface area contributed by atoms with Crippen molar-refractivity contribution in [1.82, 2.24) is 0 Å². The van der Waals surface area contributed by atoms with Gasteiger partial charge in [-0.1, -0.05) is 58.5 Å². The van der Waals surface area contributed by atoms with E-state index in [4.69, 9.17) is 55.9 Å². The third-order valence-corrected chi connectivity index (χ3v) is 5.92. The molecule has 0 aliphatic heterocycles. The Kier molecular flexibility index (Phi) is 9.02. The van der Waals surface area contributed by atoms with E-state index >= 15 is 0 Å². The first-order valence-electron chi connectivity index (χ1n) is 9.94. The fourth-order valence-electron chi connectivity index (χ4n) is 2.97. The molecule has 0 aliphatic rings. The third-order valence-electron chi connectivity index (χ3n) is 4.74. The number of carbonyl (C=O) groups excluding carboxylic acids is 1. The quantitative estimate of drug-likeness (QED) is 0.132. The Labute approximate surface area is 225 Å². The number of nitriles is 1. The molecule has 1 amide bonds. The van der Waals surface area contributed by atoms with E-state index in [0.717, 1.165) is 17.7 Å². The lowest BCUT2D eigenvalue weighted by atomic mass is 10.1. The van der Waals surface area contributed by atoms with Crippen molar-refractivity contribution in [3.63, 3.8) is 0 Å². The third kappa shape index (κ3) is 6.59. The van der Waals surface area contributed by atoms with Gasteiger partial charge in [0.15, 0.2) is 11.5 Å². The summed E-state index contributed by atoms with van der Waals surface area (Å²) in [6.45, 7) is 0.157. The van der Waals surface area contributed by atoms with Crippen LogP contribution in [0.3, 0.4) is 0 Å². The molecule has 12 heteroatoms. The minimum atomic E-state index is -0.813. The minimum Gasteiger partial charge on any atom is -0.493 e. The Morgan fingerprint density at radius 1 is 1.06 bits per heavy atom. The number of hydrogen-bond donors (Lipinski definition) is 1. The number of nitro groups is 1. The summed E-state index contributed by atoms with van der Waals surface area (Å²) < 4.78 is 11.2. The Hall–Kier alpha value is -3.48. The maximum absolute atomic E-state index is 12.7. The molecule has 0 heterocycles. The molecule has 0 atom stereocenters. The van der Waals surface area contributed by atoms with Crippen LogP contribution in [0.25, 0.3) is 6.08 Å². The molecule has 0 fully saturated rings. The number of nitro benzene ring substituents is 1. The van der Waals surface area contributed by atoms with Gasteiger partial charge >= 0.3 is 0 Å². The van der Waals surface area contributed by atoms with Gasteiger partial charge in [-0.25, -0.2) is 0 Å². The van der Waals surface area contributed by atoms with E-state index in [1.807, 2.05) is 0 Å². The van der Waals surface area contributed by atoms with Crippen molar-refractivity contribution in [3.05, 3.63) is 95.4 Å². The molecule has 0 bridgehead atoms. The van der Waals surface area contributed by atoms with Gasteiger partial charge in [0.1, 0.15) is 18.2 Å². The van der Waals surface area contributed by atoms with Crippen LogP contribution in [0.5, 0.6) is 11.5 Å². The summed E-state index contributed by atoms with van der Waals surface area (Å²) in [5.74, 6) is -0.0483. The molecule has 0 spiro atoms. The predicted molar refractivity (Wildman–Crippen MR) is 139 cm³/mol. The van der Waals surface area contributed by atoms with Crippen LogP contribution in [0.2, 0.25) is 20.1 Å². The molecule has 184 valence electrons. The number of non-ortho nitro benzene ring substituents is 1. The highest BCUT2D eigenvalue weighted by molar-refractivity contribution is 6.40. The second kappa shape index (κ2) is 12.0. The number of nitrogens with zero attached hydrogens (tertiary/aromatic N) is 2. The summed E-state index contributed by atoms with van der Waals surface area (Å²) in [6, 6.07) is 13.8. The van der Waals surface area contributed by atoms with Gasteiger partial charge in [-0.15, -0.1) is 0 Å². The van der Waals surface area contributed by atoms with Gasteiger partial charge in [0.25, 0.3) is 11.6 Å². The number of nitrogens with one attached hydrogen (secondary N) is 1. The van der Waals surface area contributed by atoms with Crippen LogP contribution in [-0.2, 0) is 11.4 Å². The summed E-state index contributed by atoms with van der Waals surface area (Å²) >= 11 is 24.1. The molecule has 0 unspecified atom stereocenters. The van der Waals surface area contributed by atoms with E-state index in [9.17, 15) is 20.2 Å². The fraction of sp³-hybridized carbons (Fsp3) is 0.0833. The van der Waals surface area contributed by atoms with Crippen LogP contribution in [0.4, 0.5) is 11.4 Å². The number of rotatable bonds is 8.